The van der Waals surface area contributed by atoms with Crippen molar-refractivity contribution in [2.45, 2.75) is 91.4 Å². The van der Waals surface area contributed by atoms with Gasteiger partial charge in [0.1, 0.15) is 6.54 Å². The summed E-state index contributed by atoms with van der Waals surface area (Å²) in [5.41, 5.74) is 3.88. The van der Waals surface area contributed by atoms with Crippen LogP contribution in [-0.2, 0) is 22.6 Å². The molecule has 0 spiro atoms. The maximum Gasteiger partial charge on any atom is 0.327 e. The summed E-state index contributed by atoms with van der Waals surface area (Å²) in [5, 5.41) is 13.3. The fraction of sp³-hybridized carbons (Fsp3) is 0.577. The second-order valence-corrected chi connectivity index (χ2v) is 9.54. The number of nitrogens with zero attached hydrogens (tertiary/aromatic N) is 5. The topological polar surface area (TPSA) is 106 Å². The maximum absolute atomic E-state index is 13.1. The summed E-state index contributed by atoms with van der Waals surface area (Å²) in [6.07, 6.45) is 6.45. The lowest BCUT2D eigenvalue weighted by atomic mass is 9.92. The molecule has 1 unspecified atom stereocenters. The van der Waals surface area contributed by atoms with Crippen LogP contribution in [0.4, 0.5) is 0 Å². The monoisotopic (exact) mass is 480 g/mol. The lowest BCUT2D eigenvalue weighted by Gasteiger charge is -2.39. The Balaban J connectivity index is 1.71. The molecule has 1 fully saturated rings. The Kier molecular flexibility index (Phi) is 7.95. The van der Waals surface area contributed by atoms with Crippen LogP contribution in [0.3, 0.4) is 0 Å². The van der Waals surface area contributed by atoms with E-state index in [2.05, 4.69) is 52.2 Å². The average Bonchev–Trinajstić information content (AvgIpc) is 3.29. The van der Waals surface area contributed by atoms with Crippen LogP contribution in [-0.4, -0.2) is 48.7 Å². The fourth-order valence-electron chi connectivity index (χ4n) is 5.20. The lowest BCUT2D eigenvalue weighted by Crippen LogP contribution is -2.41. The third-order valence-corrected chi connectivity index (χ3v) is 7.16. The summed E-state index contributed by atoms with van der Waals surface area (Å²) in [4.78, 5) is 30.8. The van der Waals surface area contributed by atoms with Crippen LogP contribution in [0, 0.1) is 13.8 Å². The molecular formula is C26H36N6O3. The first-order valence-corrected chi connectivity index (χ1v) is 12.7. The first kappa shape index (κ1) is 25.0. The third kappa shape index (κ3) is 5.61. The van der Waals surface area contributed by atoms with E-state index in [9.17, 15) is 9.59 Å². The van der Waals surface area contributed by atoms with E-state index in [1.165, 1.54) is 12.0 Å². The van der Waals surface area contributed by atoms with Crippen molar-refractivity contribution in [1.29, 1.82) is 0 Å². The highest BCUT2D eigenvalue weighted by atomic mass is 16.5. The van der Waals surface area contributed by atoms with Crippen LogP contribution >= 0.6 is 0 Å². The number of esters is 1. The van der Waals surface area contributed by atoms with Crippen LogP contribution in [0.5, 0.6) is 0 Å². The van der Waals surface area contributed by atoms with Crippen molar-refractivity contribution in [2.24, 2.45) is 0 Å². The summed E-state index contributed by atoms with van der Waals surface area (Å²) >= 11 is 0. The van der Waals surface area contributed by atoms with Gasteiger partial charge in [0, 0.05) is 23.7 Å². The quantitative estimate of drug-likeness (QED) is 0.462. The molecule has 188 valence electrons. The molecule has 1 aliphatic rings. The molecule has 1 saturated carbocycles. The molecule has 0 amide bonds. The molecule has 0 bridgehead atoms. The zero-order chi connectivity index (χ0) is 24.9. The van der Waals surface area contributed by atoms with E-state index in [0.717, 1.165) is 54.1 Å². The number of hydrogen-bond donors (Lipinski definition) is 1. The first-order chi connectivity index (χ1) is 16.9. The summed E-state index contributed by atoms with van der Waals surface area (Å²) in [6.45, 7) is 8.80. The highest BCUT2D eigenvalue weighted by molar-refractivity contribution is 5.80. The van der Waals surface area contributed by atoms with Crippen molar-refractivity contribution >= 4 is 16.9 Å². The molecule has 1 aliphatic carbocycles. The van der Waals surface area contributed by atoms with Gasteiger partial charge in [-0.1, -0.05) is 26.2 Å². The second-order valence-electron chi connectivity index (χ2n) is 9.54. The molecule has 9 nitrogen and oxygen atoms in total. The largest absolute Gasteiger partial charge is 0.465 e. The first-order valence-electron chi connectivity index (χ1n) is 12.7. The van der Waals surface area contributed by atoms with E-state index in [1.807, 2.05) is 12.1 Å². The lowest BCUT2D eigenvalue weighted by molar-refractivity contribution is -0.144. The molecule has 1 atom stereocenters. The molecule has 1 aromatic carbocycles. The number of tetrazole rings is 1. The van der Waals surface area contributed by atoms with Crippen molar-refractivity contribution in [1.82, 2.24) is 30.1 Å². The Hall–Kier alpha value is -3.07. The molecule has 9 heteroatoms. The summed E-state index contributed by atoms with van der Waals surface area (Å²) in [5.74, 6) is 0.270. The Bertz CT molecular complexity index is 1230. The van der Waals surface area contributed by atoms with Gasteiger partial charge in [-0.3, -0.25) is 14.5 Å². The van der Waals surface area contributed by atoms with Crippen molar-refractivity contribution in [2.75, 3.05) is 6.61 Å². The number of fused-ring (bicyclic) bond motifs is 1. The van der Waals surface area contributed by atoms with Gasteiger partial charge in [-0.05, 0) is 85.2 Å². The van der Waals surface area contributed by atoms with E-state index < -0.39 is 0 Å². The van der Waals surface area contributed by atoms with Gasteiger partial charge in [0.05, 0.1) is 12.6 Å². The molecule has 0 radical (unpaired) electrons. The molecule has 1 N–H and O–H groups in total. The molecule has 2 heterocycles. The Morgan fingerprint density at radius 3 is 2.63 bits per heavy atom. The number of aryl methyl sites for hydroxylation is 2. The van der Waals surface area contributed by atoms with Gasteiger partial charge in [0.25, 0.3) is 5.56 Å². The summed E-state index contributed by atoms with van der Waals surface area (Å²) < 4.78 is 6.66. The van der Waals surface area contributed by atoms with Crippen LogP contribution in [0.1, 0.15) is 80.9 Å². The Morgan fingerprint density at radius 2 is 1.91 bits per heavy atom. The fourth-order valence-corrected chi connectivity index (χ4v) is 5.20. The van der Waals surface area contributed by atoms with Gasteiger partial charge >= 0.3 is 5.97 Å². The molecule has 0 aliphatic heterocycles. The summed E-state index contributed by atoms with van der Waals surface area (Å²) in [6, 6.07) is 6.37. The van der Waals surface area contributed by atoms with Crippen molar-refractivity contribution in [3.63, 3.8) is 0 Å². The van der Waals surface area contributed by atoms with Gasteiger partial charge < -0.3 is 9.72 Å². The van der Waals surface area contributed by atoms with Gasteiger partial charge in [0.2, 0.25) is 0 Å². The van der Waals surface area contributed by atoms with Crippen LogP contribution in [0.25, 0.3) is 10.9 Å². The number of benzene rings is 1. The Morgan fingerprint density at radius 1 is 1.17 bits per heavy atom. The average molecular weight is 481 g/mol. The molecule has 3 aromatic rings. The number of nitrogens with one attached hydrogen (secondary N) is 1. The van der Waals surface area contributed by atoms with E-state index in [4.69, 9.17) is 4.74 Å². The van der Waals surface area contributed by atoms with Crippen LogP contribution in [0.15, 0.2) is 23.0 Å². The number of rotatable bonds is 9. The van der Waals surface area contributed by atoms with Crippen molar-refractivity contribution < 1.29 is 9.53 Å². The summed E-state index contributed by atoms with van der Waals surface area (Å²) in [7, 11) is 0. The standard InChI is InChI=1S/C26H36N6O3/c1-5-23(25-28-29-30-32(25)16-24(33)35-6-2)31(21-10-8-7-9-11-21)15-20-14-19-12-17(3)18(4)13-22(19)27-26(20)34/h12-14,21,23H,5-11,15-16H2,1-4H3,(H,27,34). The minimum absolute atomic E-state index is 0.0274. The van der Waals surface area contributed by atoms with Crippen molar-refractivity contribution in [3.05, 3.63) is 51.1 Å². The maximum atomic E-state index is 13.1. The number of hydrogen-bond acceptors (Lipinski definition) is 7. The van der Waals surface area contributed by atoms with Crippen LogP contribution in [0.2, 0.25) is 0 Å². The highest BCUT2D eigenvalue weighted by Gasteiger charge is 2.32. The van der Waals surface area contributed by atoms with Gasteiger partial charge in [-0.15, -0.1) is 5.10 Å². The minimum Gasteiger partial charge on any atom is -0.465 e. The predicted molar refractivity (Wildman–Crippen MR) is 134 cm³/mol. The number of ether oxygens (including phenoxy) is 1. The third-order valence-electron chi connectivity index (χ3n) is 7.16. The number of H-pyrrole nitrogens is 1. The smallest absolute Gasteiger partial charge is 0.327 e. The number of carbonyl (C=O) groups is 1. The SMILES string of the molecule is CCOC(=O)Cn1nnnc1C(CC)N(Cc1cc2cc(C)c(C)cc2[nH]c1=O)C1CCCCC1. The number of aromatic nitrogens is 5. The minimum atomic E-state index is -0.364. The zero-order valence-corrected chi connectivity index (χ0v) is 21.2. The van der Waals surface area contributed by atoms with E-state index in [1.54, 1.807) is 11.6 Å². The highest BCUT2D eigenvalue weighted by Crippen LogP contribution is 2.33. The van der Waals surface area contributed by atoms with E-state index >= 15 is 0 Å². The Labute approximate surface area is 205 Å². The molecule has 2 aromatic heterocycles. The number of carbonyl (C=O) groups excluding carboxylic acids is 1. The normalized spacial score (nSPS) is 15.6. The van der Waals surface area contributed by atoms with Crippen molar-refractivity contribution in [3.8, 4) is 0 Å². The molecule has 4 rings (SSSR count). The van der Waals surface area contributed by atoms with E-state index in [-0.39, 0.29) is 24.1 Å². The van der Waals surface area contributed by atoms with Gasteiger partial charge in [0.15, 0.2) is 5.82 Å². The van der Waals surface area contributed by atoms with Gasteiger partial charge in [-0.25, -0.2) is 4.68 Å². The van der Waals surface area contributed by atoms with Gasteiger partial charge in [-0.2, -0.15) is 0 Å². The number of pyridine rings is 1. The zero-order valence-electron chi connectivity index (χ0n) is 21.2. The van der Waals surface area contributed by atoms with E-state index in [0.29, 0.717) is 25.0 Å². The molecule has 0 saturated heterocycles. The second kappa shape index (κ2) is 11.1. The molecule has 35 heavy (non-hydrogen) atoms. The van der Waals surface area contributed by atoms with Crippen LogP contribution < -0.4 is 5.56 Å². The molecular weight excluding hydrogens is 444 g/mol. The number of aromatic amines is 1. The predicted octanol–water partition coefficient (Wildman–Crippen LogP) is 3.98.